The molecule has 0 saturated heterocycles. The molecule has 5 rings (SSSR count). The highest BCUT2D eigenvalue weighted by molar-refractivity contribution is 5.76. The molecule has 2 aliphatic carbocycles. The van der Waals surface area contributed by atoms with Crippen LogP contribution < -0.4 is 0 Å². The van der Waals surface area contributed by atoms with Crippen LogP contribution in [0.4, 0.5) is 0 Å². The van der Waals surface area contributed by atoms with Crippen molar-refractivity contribution >= 4 is 11.0 Å². The maximum Gasteiger partial charge on any atom is 0.110 e. The molecule has 0 N–H and O–H groups in total. The average Bonchev–Trinajstić information content (AvgIpc) is 3.31. The van der Waals surface area contributed by atoms with E-state index < -0.39 is 0 Å². The van der Waals surface area contributed by atoms with E-state index in [0.717, 1.165) is 36.2 Å². The van der Waals surface area contributed by atoms with Crippen LogP contribution in [0.5, 0.6) is 0 Å². The molecule has 0 spiro atoms. The van der Waals surface area contributed by atoms with E-state index in [0.29, 0.717) is 0 Å². The molecule has 3 unspecified atom stereocenters. The molecule has 0 aliphatic heterocycles. The average molecular weight is 316 g/mol. The van der Waals surface area contributed by atoms with Crippen LogP contribution in [0, 0.1) is 17.8 Å². The van der Waals surface area contributed by atoms with Crippen LogP contribution in [-0.4, -0.2) is 9.55 Å². The van der Waals surface area contributed by atoms with E-state index >= 15 is 0 Å². The van der Waals surface area contributed by atoms with E-state index in [4.69, 9.17) is 4.98 Å². The third-order valence-electron chi connectivity index (χ3n) is 6.25. The maximum absolute atomic E-state index is 5.02. The Balaban J connectivity index is 1.51. The fourth-order valence-corrected chi connectivity index (χ4v) is 5.08. The number of nitrogens with zero attached hydrogens (tertiary/aromatic N) is 2. The van der Waals surface area contributed by atoms with Crippen LogP contribution in [-0.2, 0) is 13.0 Å². The van der Waals surface area contributed by atoms with Crippen molar-refractivity contribution in [2.75, 3.05) is 0 Å². The second-order valence-corrected chi connectivity index (χ2v) is 7.73. The lowest BCUT2D eigenvalue weighted by atomic mass is 9.86. The van der Waals surface area contributed by atoms with Gasteiger partial charge in [-0.05, 0) is 54.7 Å². The summed E-state index contributed by atoms with van der Waals surface area (Å²) in [6, 6.07) is 19.4. The Labute approximate surface area is 143 Å². The second-order valence-electron chi connectivity index (χ2n) is 7.73. The molecule has 2 saturated carbocycles. The Hall–Kier alpha value is -2.09. The first-order valence-electron chi connectivity index (χ1n) is 9.35. The Morgan fingerprint density at radius 1 is 0.917 bits per heavy atom. The first kappa shape index (κ1) is 14.3. The van der Waals surface area contributed by atoms with Gasteiger partial charge in [0.05, 0.1) is 11.0 Å². The molecule has 2 aliphatic rings. The van der Waals surface area contributed by atoms with Gasteiger partial charge in [0, 0.05) is 13.0 Å². The Kier molecular flexibility index (Phi) is 3.43. The number of imidazole rings is 1. The summed E-state index contributed by atoms with van der Waals surface area (Å²) in [6.45, 7) is 0.928. The van der Waals surface area contributed by atoms with Gasteiger partial charge >= 0.3 is 0 Å². The zero-order valence-electron chi connectivity index (χ0n) is 14.1. The van der Waals surface area contributed by atoms with Crippen molar-refractivity contribution in [2.45, 2.75) is 38.6 Å². The first-order chi connectivity index (χ1) is 11.9. The summed E-state index contributed by atoms with van der Waals surface area (Å²) in [5, 5.41) is 0. The molecule has 24 heavy (non-hydrogen) atoms. The molecule has 3 aromatic rings. The highest BCUT2D eigenvalue weighted by Gasteiger charge is 2.39. The standard InChI is InChI=1S/C22H24N2/c1-2-6-16(7-3-1)15-24-21-9-5-4-8-20(21)23-22(24)14-19-13-17-10-11-18(19)12-17/h1-9,17-19H,10-15H2. The fourth-order valence-electron chi connectivity index (χ4n) is 5.08. The maximum atomic E-state index is 5.02. The topological polar surface area (TPSA) is 17.8 Å². The van der Waals surface area contributed by atoms with Gasteiger partial charge in [0.15, 0.2) is 0 Å². The van der Waals surface area contributed by atoms with Crippen LogP contribution in [0.3, 0.4) is 0 Å². The van der Waals surface area contributed by atoms with Gasteiger partial charge in [-0.1, -0.05) is 48.9 Å². The molecule has 2 nitrogen and oxygen atoms in total. The molecular formula is C22H24N2. The number of fused-ring (bicyclic) bond motifs is 3. The summed E-state index contributed by atoms with van der Waals surface area (Å²) in [4.78, 5) is 5.02. The van der Waals surface area contributed by atoms with Gasteiger partial charge in [-0.3, -0.25) is 0 Å². The zero-order chi connectivity index (χ0) is 15.9. The van der Waals surface area contributed by atoms with Crippen molar-refractivity contribution in [1.82, 2.24) is 9.55 Å². The van der Waals surface area contributed by atoms with Crippen molar-refractivity contribution in [3.05, 3.63) is 66.0 Å². The summed E-state index contributed by atoms with van der Waals surface area (Å²) in [6.07, 6.45) is 6.99. The lowest BCUT2D eigenvalue weighted by molar-refractivity contribution is 0.324. The second kappa shape index (κ2) is 5.77. The normalized spacial score (nSPS) is 25.6. The Morgan fingerprint density at radius 3 is 2.54 bits per heavy atom. The molecule has 1 heterocycles. The minimum absolute atomic E-state index is 0.857. The largest absolute Gasteiger partial charge is 0.323 e. The van der Waals surface area contributed by atoms with Gasteiger partial charge in [0.2, 0.25) is 0 Å². The molecule has 2 fully saturated rings. The van der Waals surface area contributed by atoms with Crippen LogP contribution in [0.2, 0.25) is 0 Å². The molecule has 2 heteroatoms. The summed E-state index contributed by atoms with van der Waals surface area (Å²) in [5.74, 6) is 4.11. The third-order valence-corrected chi connectivity index (χ3v) is 6.25. The highest BCUT2D eigenvalue weighted by Crippen LogP contribution is 2.49. The lowest BCUT2D eigenvalue weighted by Gasteiger charge is -2.21. The molecule has 0 amide bonds. The SMILES string of the molecule is c1ccc(Cn2c(CC3CC4CCC3C4)nc3ccccc32)cc1. The van der Waals surface area contributed by atoms with Gasteiger partial charge in [-0.15, -0.1) is 0 Å². The van der Waals surface area contributed by atoms with Gasteiger partial charge in [0.25, 0.3) is 0 Å². The molecule has 122 valence electrons. The highest BCUT2D eigenvalue weighted by atomic mass is 15.1. The van der Waals surface area contributed by atoms with Gasteiger partial charge in [0.1, 0.15) is 5.82 Å². The van der Waals surface area contributed by atoms with Crippen molar-refractivity contribution in [3.8, 4) is 0 Å². The number of para-hydroxylation sites is 2. The number of hydrogen-bond donors (Lipinski definition) is 0. The predicted octanol–water partition coefficient (Wildman–Crippen LogP) is 5.06. The predicted molar refractivity (Wildman–Crippen MR) is 97.9 cm³/mol. The molecule has 2 aromatic carbocycles. The Bertz CT molecular complexity index is 849. The van der Waals surface area contributed by atoms with Crippen LogP contribution in [0.25, 0.3) is 11.0 Å². The van der Waals surface area contributed by atoms with Crippen molar-refractivity contribution in [1.29, 1.82) is 0 Å². The number of rotatable bonds is 4. The summed E-state index contributed by atoms with van der Waals surface area (Å²) in [5.41, 5.74) is 3.78. The van der Waals surface area contributed by atoms with Crippen molar-refractivity contribution < 1.29 is 0 Å². The van der Waals surface area contributed by atoms with Gasteiger partial charge in [-0.25, -0.2) is 4.98 Å². The van der Waals surface area contributed by atoms with E-state index in [9.17, 15) is 0 Å². The number of aromatic nitrogens is 2. The number of hydrogen-bond acceptors (Lipinski definition) is 1. The molecule has 3 atom stereocenters. The molecule has 2 bridgehead atoms. The minimum Gasteiger partial charge on any atom is -0.323 e. The van der Waals surface area contributed by atoms with E-state index in [1.165, 1.54) is 42.6 Å². The first-order valence-corrected chi connectivity index (χ1v) is 9.35. The third kappa shape index (κ3) is 2.45. The Morgan fingerprint density at radius 2 is 1.75 bits per heavy atom. The molecule has 1 aromatic heterocycles. The van der Waals surface area contributed by atoms with E-state index in [-0.39, 0.29) is 0 Å². The van der Waals surface area contributed by atoms with Crippen LogP contribution in [0.1, 0.15) is 37.1 Å². The summed E-state index contributed by atoms with van der Waals surface area (Å²) >= 11 is 0. The fraction of sp³-hybridized carbons (Fsp3) is 0.409. The van der Waals surface area contributed by atoms with Gasteiger partial charge < -0.3 is 4.57 Å². The van der Waals surface area contributed by atoms with Crippen molar-refractivity contribution in [2.24, 2.45) is 17.8 Å². The van der Waals surface area contributed by atoms with E-state index in [1.54, 1.807) is 0 Å². The summed E-state index contributed by atoms with van der Waals surface area (Å²) in [7, 11) is 0. The number of benzene rings is 2. The lowest BCUT2D eigenvalue weighted by Crippen LogP contribution is -2.16. The molecule has 0 radical (unpaired) electrons. The molecular weight excluding hydrogens is 292 g/mol. The quantitative estimate of drug-likeness (QED) is 0.657. The van der Waals surface area contributed by atoms with Crippen LogP contribution in [0.15, 0.2) is 54.6 Å². The van der Waals surface area contributed by atoms with E-state index in [1.807, 2.05) is 0 Å². The monoisotopic (exact) mass is 316 g/mol. The van der Waals surface area contributed by atoms with Crippen LogP contribution >= 0.6 is 0 Å². The van der Waals surface area contributed by atoms with E-state index in [2.05, 4.69) is 59.2 Å². The van der Waals surface area contributed by atoms with Gasteiger partial charge in [-0.2, -0.15) is 0 Å². The van der Waals surface area contributed by atoms with Crippen molar-refractivity contribution in [3.63, 3.8) is 0 Å². The minimum atomic E-state index is 0.857. The summed E-state index contributed by atoms with van der Waals surface area (Å²) < 4.78 is 2.46. The smallest absolute Gasteiger partial charge is 0.110 e. The zero-order valence-corrected chi connectivity index (χ0v) is 14.1.